The molecule has 1 aliphatic heterocycles. The maximum atomic E-state index is 12.2. The third-order valence-electron chi connectivity index (χ3n) is 3.51. The Morgan fingerprint density at radius 2 is 1.83 bits per heavy atom. The number of nitrogens with one attached hydrogen (secondary N) is 2. The van der Waals surface area contributed by atoms with Crippen molar-refractivity contribution in [3.8, 4) is 11.5 Å². The zero-order valence-electron chi connectivity index (χ0n) is 15.1. The molecule has 2 N–H and O–H groups in total. The lowest BCUT2D eigenvalue weighted by Crippen LogP contribution is -2.29. The molecule has 2 heterocycles. The van der Waals surface area contributed by atoms with Crippen molar-refractivity contribution in [2.75, 3.05) is 6.26 Å². The molecule has 1 aromatic heterocycles. The molecular weight excluding hydrogens is 431 g/mol. The van der Waals surface area contributed by atoms with Gasteiger partial charge in [0.25, 0.3) is 5.91 Å². The minimum atomic E-state index is -4.77. The highest BCUT2D eigenvalue weighted by Gasteiger charge is 2.31. The number of pyridine rings is 1. The molecule has 0 saturated carbocycles. The van der Waals surface area contributed by atoms with E-state index >= 15 is 0 Å². The number of hydroxylamine groups is 1. The summed E-state index contributed by atoms with van der Waals surface area (Å²) < 4.78 is 69.8. The number of carbonyl (C=O) groups is 1. The van der Waals surface area contributed by atoms with Crippen LogP contribution >= 0.6 is 0 Å². The number of nitrogens with zero attached hydrogens (tertiary/aromatic N) is 1. The van der Waals surface area contributed by atoms with E-state index in [0.29, 0.717) is 5.56 Å². The van der Waals surface area contributed by atoms with Crippen molar-refractivity contribution in [2.24, 2.45) is 0 Å². The molecule has 0 fully saturated rings. The Kier molecular flexibility index (Phi) is 5.85. The third-order valence-corrected chi connectivity index (χ3v) is 4.06. The van der Waals surface area contributed by atoms with E-state index in [2.05, 4.69) is 15.2 Å². The van der Waals surface area contributed by atoms with Crippen molar-refractivity contribution in [3.05, 3.63) is 65.8 Å². The Morgan fingerprint density at radius 1 is 1.17 bits per heavy atom. The Hall–Kier alpha value is -3.32. The third kappa shape index (κ3) is 6.09. The van der Waals surface area contributed by atoms with Crippen molar-refractivity contribution in [1.29, 1.82) is 0 Å². The van der Waals surface area contributed by atoms with Crippen molar-refractivity contribution in [2.45, 2.75) is 12.5 Å². The van der Waals surface area contributed by atoms with Crippen LogP contribution in [0.25, 0.3) is 0 Å². The standard InChI is InChI=1S/C17H14F3N3O6S/c1-30(25,26)23-16(24)13-7-6-12(9-21-13)27-15-8-14(29-22-15)10-2-4-11(5-3-10)28-17(18,19)20/h2-9,14,22H,1H3,(H,23,24)/t14-/m1/s1. The minimum Gasteiger partial charge on any atom is -0.438 e. The van der Waals surface area contributed by atoms with Gasteiger partial charge < -0.3 is 9.47 Å². The van der Waals surface area contributed by atoms with Crippen molar-refractivity contribution < 1.29 is 40.7 Å². The van der Waals surface area contributed by atoms with Gasteiger partial charge in [-0.25, -0.2) is 23.6 Å². The molecule has 0 bridgehead atoms. The van der Waals surface area contributed by atoms with Gasteiger partial charge in [-0.1, -0.05) is 12.1 Å². The highest BCUT2D eigenvalue weighted by atomic mass is 32.2. The van der Waals surface area contributed by atoms with Gasteiger partial charge >= 0.3 is 6.36 Å². The molecular formula is C17H14F3N3O6S. The number of carbonyl (C=O) groups excluding carboxylic acids is 1. The zero-order chi connectivity index (χ0) is 21.9. The van der Waals surface area contributed by atoms with Crippen LogP contribution in [0.2, 0.25) is 0 Å². The molecule has 0 saturated heterocycles. The van der Waals surface area contributed by atoms with Crippen LogP contribution in [-0.4, -0.2) is 31.9 Å². The van der Waals surface area contributed by atoms with Gasteiger partial charge in [0, 0.05) is 6.08 Å². The first-order chi connectivity index (χ1) is 14.0. The zero-order valence-corrected chi connectivity index (χ0v) is 16.0. The van der Waals surface area contributed by atoms with E-state index in [0.717, 1.165) is 18.4 Å². The van der Waals surface area contributed by atoms with Gasteiger partial charge in [-0.3, -0.25) is 9.63 Å². The van der Waals surface area contributed by atoms with Crippen LogP contribution < -0.4 is 19.7 Å². The summed E-state index contributed by atoms with van der Waals surface area (Å²) in [6.07, 6.45) is -1.83. The number of amides is 1. The summed E-state index contributed by atoms with van der Waals surface area (Å²) in [4.78, 5) is 20.8. The van der Waals surface area contributed by atoms with Crippen LogP contribution in [0.15, 0.2) is 54.6 Å². The van der Waals surface area contributed by atoms with E-state index in [-0.39, 0.29) is 23.1 Å². The van der Waals surface area contributed by atoms with Crippen LogP contribution in [0, 0.1) is 0 Å². The SMILES string of the molecule is CS(=O)(=O)NC(=O)c1ccc(OC2=C[C@H](c3ccc(OC(F)(F)F)cc3)ON2)cn1. The van der Waals surface area contributed by atoms with Gasteiger partial charge in [0.15, 0.2) is 0 Å². The van der Waals surface area contributed by atoms with E-state index in [1.165, 1.54) is 36.5 Å². The highest BCUT2D eigenvalue weighted by molar-refractivity contribution is 7.89. The highest BCUT2D eigenvalue weighted by Crippen LogP contribution is 2.28. The molecule has 1 atom stereocenters. The fourth-order valence-electron chi connectivity index (χ4n) is 2.33. The predicted molar refractivity (Wildman–Crippen MR) is 95.3 cm³/mol. The van der Waals surface area contributed by atoms with E-state index in [9.17, 15) is 26.4 Å². The number of hydrogen-bond donors (Lipinski definition) is 2. The minimum absolute atomic E-state index is 0.128. The number of sulfonamides is 1. The van der Waals surface area contributed by atoms with Crippen molar-refractivity contribution in [3.63, 3.8) is 0 Å². The summed E-state index contributed by atoms with van der Waals surface area (Å²) >= 11 is 0. The maximum absolute atomic E-state index is 12.2. The lowest BCUT2D eigenvalue weighted by molar-refractivity contribution is -0.274. The first-order valence-corrected chi connectivity index (χ1v) is 10.0. The molecule has 9 nitrogen and oxygen atoms in total. The molecule has 1 aliphatic rings. The molecule has 3 rings (SSSR count). The van der Waals surface area contributed by atoms with Crippen LogP contribution in [-0.2, 0) is 14.9 Å². The van der Waals surface area contributed by atoms with Crippen LogP contribution in [0.4, 0.5) is 13.2 Å². The summed E-state index contributed by atoms with van der Waals surface area (Å²) in [5.41, 5.74) is 2.93. The van der Waals surface area contributed by atoms with Crippen LogP contribution in [0.5, 0.6) is 11.5 Å². The van der Waals surface area contributed by atoms with Gasteiger partial charge in [0.1, 0.15) is 23.3 Å². The predicted octanol–water partition coefficient (Wildman–Crippen LogP) is 2.17. The number of hydrogen-bond acceptors (Lipinski definition) is 8. The lowest BCUT2D eigenvalue weighted by Gasteiger charge is -2.11. The lowest BCUT2D eigenvalue weighted by atomic mass is 10.1. The van der Waals surface area contributed by atoms with Crippen LogP contribution in [0.3, 0.4) is 0 Å². The summed E-state index contributed by atoms with van der Waals surface area (Å²) in [6, 6.07) is 7.78. The average molecular weight is 445 g/mol. The van der Waals surface area contributed by atoms with E-state index in [1.54, 1.807) is 4.72 Å². The van der Waals surface area contributed by atoms with Crippen LogP contribution in [0.1, 0.15) is 22.2 Å². The molecule has 0 spiro atoms. The summed E-state index contributed by atoms with van der Waals surface area (Å²) in [5, 5.41) is 0. The fraction of sp³-hybridized carbons (Fsp3) is 0.176. The topological polar surface area (TPSA) is 116 Å². The smallest absolute Gasteiger partial charge is 0.438 e. The van der Waals surface area contributed by atoms with Gasteiger partial charge in [-0.2, -0.15) is 0 Å². The largest absolute Gasteiger partial charge is 0.573 e. The maximum Gasteiger partial charge on any atom is 0.573 e. The monoisotopic (exact) mass is 445 g/mol. The number of alkyl halides is 3. The quantitative estimate of drug-likeness (QED) is 0.695. The fourth-order valence-corrected chi connectivity index (χ4v) is 2.77. The van der Waals surface area contributed by atoms with E-state index in [1.807, 2.05) is 0 Å². The first kappa shape index (κ1) is 21.4. The van der Waals surface area contributed by atoms with E-state index < -0.39 is 28.4 Å². The summed E-state index contributed by atoms with van der Waals surface area (Å²) in [7, 11) is -3.71. The molecule has 160 valence electrons. The molecule has 1 amide bonds. The number of benzene rings is 1. The van der Waals surface area contributed by atoms with Gasteiger partial charge in [-0.15, -0.1) is 13.2 Å². The van der Waals surface area contributed by atoms with Crippen molar-refractivity contribution in [1.82, 2.24) is 15.2 Å². The van der Waals surface area contributed by atoms with Crippen molar-refractivity contribution >= 4 is 15.9 Å². The van der Waals surface area contributed by atoms with Gasteiger partial charge in [0.05, 0.1) is 12.5 Å². The molecule has 0 aliphatic carbocycles. The summed E-state index contributed by atoms with van der Waals surface area (Å²) in [6.45, 7) is 0. The Balaban J connectivity index is 1.62. The average Bonchev–Trinajstić information content (AvgIpc) is 3.08. The number of rotatable bonds is 6. The number of aromatic nitrogens is 1. The Labute approximate surface area is 168 Å². The molecule has 13 heteroatoms. The van der Waals surface area contributed by atoms with Gasteiger partial charge in [-0.05, 0) is 29.8 Å². The molecule has 1 aromatic carbocycles. The number of halogens is 3. The molecule has 2 aromatic rings. The molecule has 0 radical (unpaired) electrons. The first-order valence-electron chi connectivity index (χ1n) is 8.14. The second-order valence-electron chi connectivity index (χ2n) is 5.97. The second-order valence-corrected chi connectivity index (χ2v) is 7.72. The van der Waals surface area contributed by atoms with E-state index in [4.69, 9.17) is 9.57 Å². The number of ether oxygens (including phenoxy) is 2. The van der Waals surface area contributed by atoms with Gasteiger partial charge in [0.2, 0.25) is 15.9 Å². The molecule has 0 unspecified atom stereocenters. The normalized spacial score (nSPS) is 16.4. The Morgan fingerprint density at radius 3 is 2.40 bits per heavy atom. The molecule has 30 heavy (non-hydrogen) atoms. The Bertz CT molecular complexity index is 1050. The summed E-state index contributed by atoms with van der Waals surface area (Å²) in [5.74, 6) is -0.832. The second kappa shape index (κ2) is 8.20.